The van der Waals surface area contributed by atoms with Crippen molar-refractivity contribution in [3.05, 3.63) is 39.9 Å². The standard InChI is InChI=1S/C19H26N2O8/c1-7-27-15(22)13-9-8-10-14(11-13)21(16(23)28-18(2,3)4)17(24)29-19(5,6)12-20(25)26/h8-11H,7,12H2,1-6H3. The van der Waals surface area contributed by atoms with Gasteiger partial charge in [-0.3, -0.25) is 10.1 Å². The van der Waals surface area contributed by atoms with Crippen molar-refractivity contribution in [2.45, 2.75) is 52.7 Å². The molecule has 0 atom stereocenters. The van der Waals surface area contributed by atoms with E-state index in [2.05, 4.69) is 0 Å². The van der Waals surface area contributed by atoms with Gasteiger partial charge in [-0.05, 0) is 59.7 Å². The molecule has 0 aromatic heterocycles. The number of carbonyl (C=O) groups is 3. The Balaban J connectivity index is 3.30. The third kappa shape index (κ3) is 7.76. The highest BCUT2D eigenvalue weighted by Crippen LogP contribution is 2.23. The van der Waals surface area contributed by atoms with E-state index in [-0.39, 0.29) is 17.9 Å². The molecule has 10 nitrogen and oxygen atoms in total. The SMILES string of the molecule is CCOC(=O)c1cccc(N(C(=O)OC(C)(C)C)C(=O)OC(C)(C)C[N+](=O)[O-])c1. The lowest BCUT2D eigenvalue weighted by molar-refractivity contribution is -0.497. The molecule has 0 aliphatic heterocycles. The normalized spacial score (nSPS) is 11.4. The van der Waals surface area contributed by atoms with Crippen LogP contribution in [-0.4, -0.2) is 47.4 Å². The summed E-state index contributed by atoms with van der Waals surface area (Å²) in [5.41, 5.74) is -2.31. The quantitative estimate of drug-likeness (QED) is 0.300. The summed E-state index contributed by atoms with van der Waals surface area (Å²) in [5.74, 6) is -0.638. The number of ether oxygens (including phenoxy) is 3. The fraction of sp³-hybridized carbons (Fsp3) is 0.526. The number of hydrogen-bond donors (Lipinski definition) is 0. The molecule has 160 valence electrons. The van der Waals surface area contributed by atoms with Gasteiger partial charge in [0.2, 0.25) is 6.54 Å². The van der Waals surface area contributed by atoms with Gasteiger partial charge >= 0.3 is 18.2 Å². The van der Waals surface area contributed by atoms with E-state index in [1.54, 1.807) is 27.7 Å². The Bertz CT molecular complexity index is 783. The molecule has 0 unspecified atom stereocenters. The van der Waals surface area contributed by atoms with Gasteiger partial charge in [0.15, 0.2) is 5.60 Å². The molecule has 0 saturated heterocycles. The number of esters is 1. The summed E-state index contributed by atoms with van der Waals surface area (Å²) in [6.45, 7) is 8.65. The second-order valence-electron chi connectivity index (χ2n) is 7.71. The second kappa shape index (κ2) is 9.35. The zero-order valence-electron chi connectivity index (χ0n) is 17.4. The van der Waals surface area contributed by atoms with E-state index in [1.165, 1.54) is 38.1 Å². The van der Waals surface area contributed by atoms with Gasteiger partial charge in [-0.15, -0.1) is 0 Å². The first-order valence-electron chi connectivity index (χ1n) is 8.91. The highest BCUT2D eigenvalue weighted by Gasteiger charge is 2.36. The predicted octanol–water partition coefficient (Wildman–Crippen LogP) is 3.80. The van der Waals surface area contributed by atoms with Crippen molar-refractivity contribution < 1.29 is 33.5 Å². The topological polar surface area (TPSA) is 125 Å². The summed E-state index contributed by atoms with van der Waals surface area (Å²) in [6.07, 6.45) is -2.23. The van der Waals surface area contributed by atoms with Crippen LogP contribution in [0.15, 0.2) is 24.3 Å². The molecule has 2 amide bonds. The summed E-state index contributed by atoms with van der Waals surface area (Å²) < 4.78 is 15.4. The number of nitro groups is 1. The van der Waals surface area contributed by atoms with Gasteiger partial charge in [0.25, 0.3) is 0 Å². The van der Waals surface area contributed by atoms with E-state index in [0.717, 1.165) is 0 Å². The van der Waals surface area contributed by atoms with Crippen molar-refractivity contribution in [2.24, 2.45) is 0 Å². The number of nitrogens with zero attached hydrogens (tertiary/aromatic N) is 2. The van der Waals surface area contributed by atoms with Crippen molar-refractivity contribution in [1.82, 2.24) is 0 Å². The lowest BCUT2D eigenvalue weighted by Crippen LogP contribution is -2.46. The highest BCUT2D eigenvalue weighted by atomic mass is 16.6. The smallest absolute Gasteiger partial charge is 0.424 e. The molecule has 0 aliphatic carbocycles. The molecule has 0 saturated carbocycles. The molecular weight excluding hydrogens is 384 g/mol. The van der Waals surface area contributed by atoms with Gasteiger partial charge in [-0.25, -0.2) is 14.4 Å². The molecule has 10 heteroatoms. The molecule has 29 heavy (non-hydrogen) atoms. The van der Waals surface area contributed by atoms with E-state index in [1.807, 2.05) is 0 Å². The lowest BCUT2D eigenvalue weighted by atomic mass is 10.1. The Hall–Kier alpha value is -3.17. The summed E-state index contributed by atoms with van der Waals surface area (Å²) in [7, 11) is 0. The summed E-state index contributed by atoms with van der Waals surface area (Å²) in [6, 6.07) is 5.57. The molecule has 0 aliphatic rings. The van der Waals surface area contributed by atoms with E-state index >= 15 is 0 Å². The first kappa shape index (κ1) is 23.9. The minimum atomic E-state index is -1.49. The zero-order chi connectivity index (χ0) is 22.4. The second-order valence-corrected chi connectivity index (χ2v) is 7.71. The van der Waals surface area contributed by atoms with Gasteiger partial charge in [-0.1, -0.05) is 6.07 Å². The Morgan fingerprint density at radius 1 is 1.07 bits per heavy atom. The molecule has 0 N–H and O–H groups in total. The van der Waals surface area contributed by atoms with Crippen molar-refractivity contribution >= 4 is 23.8 Å². The number of benzene rings is 1. The Morgan fingerprint density at radius 3 is 2.17 bits per heavy atom. The average Bonchev–Trinajstić information content (AvgIpc) is 2.51. The van der Waals surface area contributed by atoms with Crippen molar-refractivity contribution in [1.29, 1.82) is 0 Å². The first-order valence-corrected chi connectivity index (χ1v) is 8.91. The highest BCUT2D eigenvalue weighted by molar-refractivity contribution is 6.10. The van der Waals surface area contributed by atoms with Crippen LogP contribution >= 0.6 is 0 Å². The fourth-order valence-electron chi connectivity index (χ4n) is 2.20. The van der Waals surface area contributed by atoms with Gasteiger partial charge in [0.05, 0.1) is 17.9 Å². The maximum absolute atomic E-state index is 12.7. The number of rotatable bonds is 6. The van der Waals surface area contributed by atoms with Crippen LogP contribution in [0.3, 0.4) is 0 Å². The summed E-state index contributed by atoms with van der Waals surface area (Å²) in [5, 5.41) is 10.8. The number of anilines is 1. The van der Waals surface area contributed by atoms with Gasteiger partial charge in [-0.2, -0.15) is 4.90 Å². The lowest BCUT2D eigenvalue weighted by Gasteiger charge is -2.28. The molecule has 0 heterocycles. The Morgan fingerprint density at radius 2 is 1.66 bits per heavy atom. The van der Waals surface area contributed by atoms with Crippen LogP contribution in [0.4, 0.5) is 15.3 Å². The number of imide groups is 1. The predicted molar refractivity (Wildman–Crippen MR) is 104 cm³/mol. The van der Waals surface area contributed by atoms with Crippen molar-refractivity contribution in [2.75, 3.05) is 18.1 Å². The van der Waals surface area contributed by atoms with Gasteiger partial charge < -0.3 is 14.2 Å². The molecule has 1 rings (SSSR count). The van der Waals surface area contributed by atoms with E-state index in [4.69, 9.17) is 14.2 Å². The monoisotopic (exact) mass is 410 g/mol. The number of carbonyl (C=O) groups excluding carboxylic acids is 3. The van der Waals surface area contributed by atoms with Crippen LogP contribution < -0.4 is 4.90 Å². The molecule has 1 aromatic carbocycles. The third-order valence-electron chi connectivity index (χ3n) is 3.25. The Labute approximate surface area is 168 Å². The molecule has 1 aromatic rings. The molecular formula is C19H26N2O8. The fourth-order valence-corrected chi connectivity index (χ4v) is 2.20. The van der Waals surface area contributed by atoms with Gasteiger partial charge in [0, 0.05) is 4.92 Å². The third-order valence-corrected chi connectivity index (χ3v) is 3.25. The van der Waals surface area contributed by atoms with Gasteiger partial charge in [0.1, 0.15) is 5.60 Å². The van der Waals surface area contributed by atoms with Crippen LogP contribution in [0.5, 0.6) is 0 Å². The summed E-state index contributed by atoms with van der Waals surface area (Å²) in [4.78, 5) is 48.1. The molecule has 0 fully saturated rings. The summed E-state index contributed by atoms with van der Waals surface area (Å²) >= 11 is 0. The van der Waals surface area contributed by atoms with Crippen LogP contribution in [0, 0.1) is 10.1 Å². The van der Waals surface area contributed by atoms with Crippen LogP contribution in [0.25, 0.3) is 0 Å². The van der Waals surface area contributed by atoms with E-state index in [9.17, 15) is 24.5 Å². The minimum Gasteiger partial charge on any atom is -0.462 e. The van der Waals surface area contributed by atoms with Crippen LogP contribution in [0.2, 0.25) is 0 Å². The first-order chi connectivity index (χ1) is 13.3. The minimum absolute atomic E-state index is 0.00768. The molecule has 0 spiro atoms. The molecule has 0 radical (unpaired) electrons. The average molecular weight is 410 g/mol. The van der Waals surface area contributed by atoms with Crippen LogP contribution in [-0.2, 0) is 14.2 Å². The van der Waals surface area contributed by atoms with Crippen molar-refractivity contribution in [3.63, 3.8) is 0 Å². The number of hydrogen-bond acceptors (Lipinski definition) is 8. The zero-order valence-corrected chi connectivity index (χ0v) is 17.4. The van der Waals surface area contributed by atoms with E-state index < -0.39 is 40.8 Å². The largest absolute Gasteiger partial charge is 0.462 e. The van der Waals surface area contributed by atoms with E-state index in [0.29, 0.717) is 4.90 Å². The molecule has 0 bridgehead atoms. The number of amides is 2. The maximum atomic E-state index is 12.7. The van der Waals surface area contributed by atoms with Crippen LogP contribution in [0.1, 0.15) is 51.9 Å². The van der Waals surface area contributed by atoms with Crippen molar-refractivity contribution in [3.8, 4) is 0 Å². The maximum Gasteiger partial charge on any atom is 0.424 e. The Kier molecular flexibility index (Phi) is 7.70.